The molecule has 0 spiro atoms. The van der Waals surface area contributed by atoms with Crippen molar-refractivity contribution >= 4 is 5.91 Å². The molecular formula is C18H23N5O. The van der Waals surface area contributed by atoms with Gasteiger partial charge >= 0.3 is 0 Å². The van der Waals surface area contributed by atoms with E-state index in [4.69, 9.17) is 0 Å². The standard InChI is InChI=1S/C18H23N5O/c24-18(22-9-1-2-10-22)15-5-3-14(4-6-15)11-19-16-7-8-17-20-13-21-23(17)12-16/h3-6,13,16,19H,1-2,7-12H2/t16-/m1/s1. The van der Waals surface area contributed by atoms with Crippen LogP contribution in [0.5, 0.6) is 0 Å². The Morgan fingerprint density at radius 1 is 1.21 bits per heavy atom. The lowest BCUT2D eigenvalue weighted by atomic mass is 10.1. The second-order valence-corrected chi connectivity index (χ2v) is 6.67. The van der Waals surface area contributed by atoms with Crippen LogP contribution < -0.4 is 5.32 Å². The zero-order chi connectivity index (χ0) is 16.4. The van der Waals surface area contributed by atoms with Gasteiger partial charge in [0.1, 0.15) is 12.2 Å². The molecule has 0 bridgehead atoms. The van der Waals surface area contributed by atoms with Gasteiger partial charge in [-0.25, -0.2) is 9.67 Å². The van der Waals surface area contributed by atoms with Gasteiger partial charge in [-0.1, -0.05) is 12.1 Å². The molecule has 4 rings (SSSR count). The van der Waals surface area contributed by atoms with E-state index in [0.29, 0.717) is 6.04 Å². The van der Waals surface area contributed by atoms with E-state index >= 15 is 0 Å². The van der Waals surface area contributed by atoms with E-state index in [1.807, 2.05) is 21.7 Å². The van der Waals surface area contributed by atoms with Crippen LogP contribution >= 0.6 is 0 Å². The van der Waals surface area contributed by atoms with Crippen molar-refractivity contribution in [2.24, 2.45) is 0 Å². The number of fused-ring (bicyclic) bond motifs is 1. The van der Waals surface area contributed by atoms with Gasteiger partial charge in [0, 0.05) is 37.7 Å². The molecule has 1 saturated heterocycles. The maximum atomic E-state index is 12.3. The first kappa shape index (κ1) is 15.3. The molecule has 24 heavy (non-hydrogen) atoms. The first-order valence-electron chi connectivity index (χ1n) is 8.78. The SMILES string of the molecule is O=C(c1ccc(CN[C@@H]2CCc3ncnn3C2)cc1)N1CCCC1. The molecule has 2 aliphatic rings. The summed E-state index contributed by atoms with van der Waals surface area (Å²) in [6, 6.07) is 8.44. The van der Waals surface area contributed by atoms with Gasteiger partial charge in [-0.2, -0.15) is 5.10 Å². The van der Waals surface area contributed by atoms with Crippen LogP contribution in [0.15, 0.2) is 30.6 Å². The van der Waals surface area contributed by atoms with E-state index in [0.717, 1.165) is 63.3 Å². The highest BCUT2D eigenvalue weighted by Crippen LogP contribution is 2.15. The summed E-state index contributed by atoms with van der Waals surface area (Å²) in [4.78, 5) is 18.6. The first-order valence-corrected chi connectivity index (χ1v) is 8.78. The van der Waals surface area contributed by atoms with E-state index < -0.39 is 0 Å². The Hall–Kier alpha value is -2.21. The van der Waals surface area contributed by atoms with Crippen LogP contribution in [0, 0.1) is 0 Å². The molecule has 1 fully saturated rings. The van der Waals surface area contributed by atoms with Crippen LogP contribution in [0.25, 0.3) is 0 Å². The minimum atomic E-state index is 0.165. The Labute approximate surface area is 141 Å². The predicted molar refractivity (Wildman–Crippen MR) is 90.6 cm³/mol. The summed E-state index contributed by atoms with van der Waals surface area (Å²) in [5, 5.41) is 7.84. The number of aromatic nitrogens is 3. The average molecular weight is 325 g/mol. The van der Waals surface area contributed by atoms with E-state index in [-0.39, 0.29) is 5.91 Å². The molecule has 1 aromatic heterocycles. The van der Waals surface area contributed by atoms with Crippen molar-refractivity contribution in [2.45, 2.75) is 44.8 Å². The van der Waals surface area contributed by atoms with Crippen LogP contribution in [0.2, 0.25) is 0 Å². The number of aryl methyl sites for hydroxylation is 1. The second-order valence-electron chi connectivity index (χ2n) is 6.67. The van der Waals surface area contributed by atoms with Gasteiger partial charge in [0.05, 0.1) is 6.54 Å². The lowest BCUT2D eigenvalue weighted by molar-refractivity contribution is 0.0793. The van der Waals surface area contributed by atoms with Gasteiger partial charge in [0.15, 0.2) is 0 Å². The number of rotatable bonds is 4. The molecule has 2 aliphatic heterocycles. The van der Waals surface area contributed by atoms with Crippen molar-refractivity contribution in [3.05, 3.63) is 47.5 Å². The number of nitrogens with zero attached hydrogens (tertiary/aromatic N) is 4. The van der Waals surface area contributed by atoms with Gasteiger partial charge in [-0.3, -0.25) is 4.79 Å². The minimum absolute atomic E-state index is 0.165. The third-order valence-corrected chi connectivity index (χ3v) is 4.99. The van der Waals surface area contributed by atoms with Crippen LogP contribution in [0.3, 0.4) is 0 Å². The summed E-state index contributed by atoms with van der Waals surface area (Å²) >= 11 is 0. The largest absolute Gasteiger partial charge is 0.339 e. The molecule has 3 heterocycles. The highest BCUT2D eigenvalue weighted by atomic mass is 16.2. The third-order valence-electron chi connectivity index (χ3n) is 4.99. The van der Waals surface area contributed by atoms with Crippen LogP contribution in [0.1, 0.15) is 41.0 Å². The summed E-state index contributed by atoms with van der Waals surface area (Å²) < 4.78 is 1.99. The molecule has 0 radical (unpaired) electrons. The van der Waals surface area contributed by atoms with Crippen molar-refractivity contribution < 1.29 is 4.79 Å². The van der Waals surface area contributed by atoms with Crippen molar-refractivity contribution in [3.8, 4) is 0 Å². The topological polar surface area (TPSA) is 63.1 Å². The fourth-order valence-corrected chi connectivity index (χ4v) is 3.53. The Morgan fingerprint density at radius 3 is 2.79 bits per heavy atom. The molecule has 0 unspecified atom stereocenters. The zero-order valence-corrected chi connectivity index (χ0v) is 13.8. The molecule has 6 nitrogen and oxygen atoms in total. The second kappa shape index (κ2) is 6.73. The van der Waals surface area contributed by atoms with Crippen LogP contribution in [-0.4, -0.2) is 44.7 Å². The third kappa shape index (κ3) is 3.19. The normalized spacial score (nSPS) is 20.2. The zero-order valence-electron chi connectivity index (χ0n) is 13.8. The summed E-state index contributed by atoms with van der Waals surface area (Å²) in [7, 11) is 0. The highest BCUT2D eigenvalue weighted by molar-refractivity contribution is 5.94. The molecule has 2 aromatic rings. The lowest BCUT2D eigenvalue weighted by Gasteiger charge is -2.23. The number of carbonyl (C=O) groups excluding carboxylic acids is 1. The molecule has 126 valence electrons. The Kier molecular flexibility index (Phi) is 4.30. The number of hydrogen-bond acceptors (Lipinski definition) is 4. The number of benzene rings is 1. The number of hydrogen-bond donors (Lipinski definition) is 1. The van der Waals surface area contributed by atoms with E-state index in [1.54, 1.807) is 6.33 Å². The quantitative estimate of drug-likeness (QED) is 0.928. The van der Waals surface area contributed by atoms with Crippen molar-refractivity contribution in [1.82, 2.24) is 25.0 Å². The van der Waals surface area contributed by atoms with E-state index in [1.165, 1.54) is 5.56 Å². The van der Waals surface area contributed by atoms with Gasteiger partial charge in [0.2, 0.25) is 0 Å². The Bertz CT molecular complexity index is 702. The number of likely N-dealkylation sites (tertiary alicyclic amines) is 1. The molecule has 1 aromatic carbocycles. The van der Waals surface area contributed by atoms with E-state index in [9.17, 15) is 4.79 Å². The molecule has 0 aliphatic carbocycles. The molecule has 0 saturated carbocycles. The number of nitrogens with one attached hydrogen (secondary N) is 1. The molecule has 1 N–H and O–H groups in total. The van der Waals surface area contributed by atoms with Crippen LogP contribution in [-0.2, 0) is 19.5 Å². The van der Waals surface area contributed by atoms with Gasteiger partial charge < -0.3 is 10.2 Å². The van der Waals surface area contributed by atoms with Crippen molar-refractivity contribution in [3.63, 3.8) is 0 Å². The number of amides is 1. The summed E-state index contributed by atoms with van der Waals surface area (Å²) in [5.41, 5.74) is 2.00. The highest BCUT2D eigenvalue weighted by Gasteiger charge is 2.20. The molecular weight excluding hydrogens is 302 g/mol. The van der Waals surface area contributed by atoms with Gasteiger partial charge in [-0.15, -0.1) is 0 Å². The maximum Gasteiger partial charge on any atom is 0.253 e. The van der Waals surface area contributed by atoms with Gasteiger partial charge in [-0.05, 0) is 37.0 Å². The summed E-state index contributed by atoms with van der Waals surface area (Å²) in [6.07, 6.45) is 5.95. The van der Waals surface area contributed by atoms with E-state index in [2.05, 4.69) is 27.5 Å². The minimum Gasteiger partial charge on any atom is -0.339 e. The summed E-state index contributed by atoms with van der Waals surface area (Å²) in [5.74, 6) is 1.25. The Morgan fingerprint density at radius 2 is 2.00 bits per heavy atom. The predicted octanol–water partition coefficient (Wildman–Crippen LogP) is 1.62. The fourth-order valence-electron chi connectivity index (χ4n) is 3.53. The Balaban J connectivity index is 1.32. The maximum absolute atomic E-state index is 12.3. The van der Waals surface area contributed by atoms with Crippen LogP contribution in [0.4, 0.5) is 0 Å². The monoisotopic (exact) mass is 325 g/mol. The number of carbonyl (C=O) groups is 1. The lowest BCUT2D eigenvalue weighted by Crippen LogP contribution is -2.37. The van der Waals surface area contributed by atoms with Gasteiger partial charge in [0.25, 0.3) is 5.91 Å². The smallest absolute Gasteiger partial charge is 0.253 e. The fraction of sp³-hybridized carbons (Fsp3) is 0.500. The van der Waals surface area contributed by atoms with Crippen molar-refractivity contribution in [2.75, 3.05) is 13.1 Å². The van der Waals surface area contributed by atoms with Crippen molar-refractivity contribution in [1.29, 1.82) is 0 Å². The average Bonchev–Trinajstić information content (AvgIpc) is 3.31. The molecule has 6 heteroatoms. The molecule has 1 amide bonds. The first-order chi connectivity index (χ1) is 11.8. The molecule has 1 atom stereocenters. The summed E-state index contributed by atoms with van der Waals surface area (Å²) in [6.45, 7) is 3.48.